The molecule has 2 saturated heterocycles. The Bertz CT molecular complexity index is 716. The Balaban J connectivity index is 1.47. The zero-order chi connectivity index (χ0) is 21.7. The predicted octanol–water partition coefficient (Wildman–Crippen LogP) is 1.26. The van der Waals surface area contributed by atoms with Crippen LogP contribution in [0.5, 0.6) is 0 Å². The number of halogens is 1. The van der Waals surface area contributed by atoms with E-state index >= 15 is 0 Å². The summed E-state index contributed by atoms with van der Waals surface area (Å²) in [6.07, 6.45) is 0. The van der Waals surface area contributed by atoms with Crippen molar-refractivity contribution in [1.29, 1.82) is 0 Å². The van der Waals surface area contributed by atoms with Crippen molar-refractivity contribution in [2.45, 2.75) is 38.9 Å². The Morgan fingerprint density at radius 2 is 1.43 bits per heavy atom. The third-order valence-corrected chi connectivity index (χ3v) is 6.23. The molecule has 30 heavy (non-hydrogen) atoms. The Labute approximate surface area is 178 Å². The van der Waals surface area contributed by atoms with Crippen LogP contribution in [0, 0.1) is 5.82 Å². The van der Waals surface area contributed by atoms with Crippen molar-refractivity contribution in [3.05, 3.63) is 35.6 Å². The van der Waals surface area contributed by atoms with E-state index in [9.17, 15) is 14.0 Å². The van der Waals surface area contributed by atoms with E-state index in [0.29, 0.717) is 26.3 Å². The van der Waals surface area contributed by atoms with Gasteiger partial charge in [0.25, 0.3) is 0 Å². The van der Waals surface area contributed by atoms with Gasteiger partial charge in [0.15, 0.2) is 0 Å². The maximum absolute atomic E-state index is 13.1. The van der Waals surface area contributed by atoms with Gasteiger partial charge in [-0.1, -0.05) is 12.1 Å². The number of nitrogens with one attached hydrogen (secondary N) is 1. The molecule has 8 heteroatoms. The number of carbonyl (C=O) groups is 2. The lowest BCUT2D eigenvalue weighted by Crippen LogP contribution is -2.58. The maximum Gasteiger partial charge on any atom is 0.239 e. The van der Waals surface area contributed by atoms with Crippen LogP contribution in [-0.2, 0) is 14.3 Å². The van der Waals surface area contributed by atoms with Crippen LogP contribution in [0.15, 0.2) is 24.3 Å². The largest absolute Gasteiger partial charge is 0.378 e. The van der Waals surface area contributed by atoms with Crippen molar-refractivity contribution in [2.75, 3.05) is 52.5 Å². The van der Waals surface area contributed by atoms with Crippen molar-refractivity contribution >= 4 is 11.8 Å². The average Bonchev–Trinajstić information content (AvgIpc) is 2.78. The number of hydrogen-bond donors (Lipinski definition) is 1. The lowest BCUT2D eigenvalue weighted by Gasteiger charge is -2.41. The minimum Gasteiger partial charge on any atom is -0.378 e. The Kier molecular flexibility index (Phi) is 7.80. The third kappa shape index (κ3) is 5.56. The van der Waals surface area contributed by atoms with Crippen molar-refractivity contribution < 1.29 is 18.7 Å². The predicted molar refractivity (Wildman–Crippen MR) is 112 cm³/mol. The summed E-state index contributed by atoms with van der Waals surface area (Å²) in [5, 5.41) is 3.02. The van der Waals surface area contributed by atoms with Gasteiger partial charge in [0.1, 0.15) is 5.82 Å². The fourth-order valence-corrected chi connectivity index (χ4v) is 4.05. The normalized spacial score (nSPS) is 21.7. The van der Waals surface area contributed by atoms with Crippen molar-refractivity contribution in [3.63, 3.8) is 0 Å². The van der Waals surface area contributed by atoms with Crippen LogP contribution in [-0.4, -0.2) is 91.1 Å². The first-order chi connectivity index (χ1) is 14.4. The summed E-state index contributed by atoms with van der Waals surface area (Å²) in [7, 11) is 0. The average molecular weight is 421 g/mol. The van der Waals surface area contributed by atoms with Gasteiger partial charge >= 0.3 is 0 Å². The molecule has 0 spiro atoms. The van der Waals surface area contributed by atoms with E-state index in [1.165, 1.54) is 12.1 Å². The van der Waals surface area contributed by atoms with E-state index in [2.05, 4.69) is 15.1 Å². The summed E-state index contributed by atoms with van der Waals surface area (Å²) >= 11 is 0. The highest BCUT2D eigenvalue weighted by Crippen LogP contribution is 2.15. The second kappa shape index (κ2) is 10.3. The number of amides is 2. The highest BCUT2D eigenvalue weighted by atomic mass is 19.1. The highest BCUT2D eigenvalue weighted by Gasteiger charge is 2.32. The fraction of sp³-hybridized carbons (Fsp3) is 0.636. The van der Waals surface area contributed by atoms with E-state index in [0.717, 1.165) is 31.7 Å². The minimum absolute atomic E-state index is 0.0438. The van der Waals surface area contributed by atoms with Crippen LogP contribution in [0.1, 0.15) is 32.4 Å². The van der Waals surface area contributed by atoms with E-state index in [4.69, 9.17) is 4.74 Å². The monoisotopic (exact) mass is 420 g/mol. The van der Waals surface area contributed by atoms with E-state index < -0.39 is 0 Å². The lowest BCUT2D eigenvalue weighted by atomic mass is 10.1. The highest BCUT2D eigenvalue weighted by molar-refractivity contribution is 5.82. The fourth-order valence-electron chi connectivity index (χ4n) is 4.05. The molecule has 0 bridgehead atoms. The van der Waals surface area contributed by atoms with Crippen molar-refractivity contribution in [2.24, 2.45) is 0 Å². The quantitative estimate of drug-likeness (QED) is 0.751. The first-order valence-corrected chi connectivity index (χ1v) is 10.8. The summed E-state index contributed by atoms with van der Waals surface area (Å²) in [5.74, 6) is -0.173. The summed E-state index contributed by atoms with van der Waals surface area (Å²) in [6, 6.07) is 5.58. The maximum atomic E-state index is 13.1. The molecule has 0 aromatic heterocycles. The van der Waals surface area contributed by atoms with Crippen LogP contribution >= 0.6 is 0 Å². The smallest absolute Gasteiger partial charge is 0.239 e. The Hall–Kier alpha value is -2.03. The summed E-state index contributed by atoms with van der Waals surface area (Å²) in [5.41, 5.74) is 0.872. The van der Waals surface area contributed by atoms with Crippen LogP contribution in [0.2, 0.25) is 0 Å². The van der Waals surface area contributed by atoms with Gasteiger partial charge < -0.3 is 15.0 Å². The van der Waals surface area contributed by atoms with Gasteiger partial charge in [0.2, 0.25) is 11.8 Å². The molecule has 3 unspecified atom stereocenters. The Morgan fingerprint density at radius 3 is 2.00 bits per heavy atom. The SMILES string of the molecule is CC(NC(=O)C(C)N1CCN(C(C)C(=O)N2CCOCC2)CC1)c1ccc(F)cc1. The molecule has 166 valence electrons. The van der Waals surface area contributed by atoms with E-state index in [1.54, 1.807) is 12.1 Å². The molecule has 2 fully saturated rings. The molecule has 0 saturated carbocycles. The first-order valence-electron chi connectivity index (χ1n) is 10.8. The molecule has 1 aromatic carbocycles. The minimum atomic E-state index is -0.287. The van der Waals surface area contributed by atoms with Crippen molar-refractivity contribution in [3.8, 4) is 0 Å². The Morgan fingerprint density at radius 1 is 0.900 bits per heavy atom. The molecule has 0 radical (unpaired) electrons. The van der Waals surface area contributed by atoms with Gasteiger partial charge in [0, 0.05) is 39.3 Å². The summed E-state index contributed by atoms with van der Waals surface area (Å²) in [6.45, 7) is 11.3. The van der Waals surface area contributed by atoms with Crippen molar-refractivity contribution in [1.82, 2.24) is 20.0 Å². The van der Waals surface area contributed by atoms with Gasteiger partial charge in [-0.3, -0.25) is 19.4 Å². The second-order valence-corrected chi connectivity index (χ2v) is 8.14. The summed E-state index contributed by atoms with van der Waals surface area (Å²) in [4.78, 5) is 31.7. The summed E-state index contributed by atoms with van der Waals surface area (Å²) < 4.78 is 18.4. The van der Waals surface area contributed by atoms with Gasteiger partial charge in [-0.05, 0) is 38.5 Å². The van der Waals surface area contributed by atoms with Gasteiger partial charge in [0.05, 0.1) is 31.3 Å². The van der Waals surface area contributed by atoms with Crippen LogP contribution in [0.4, 0.5) is 4.39 Å². The number of nitrogens with zero attached hydrogens (tertiary/aromatic N) is 3. The molecule has 2 amide bonds. The molecule has 1 N–H and O–H groups in total. The molecule has 2 aliphatic rings. The molecular weight excluding hydrogens is 387 g/mol. The van der Waals surface area contributed by atoms with Gasteiger partial charge in [-0.2, -0.15) is 0 Å². The number of rotatable bonds is 6. The number of benzene rings is 1. The number of ether oxygens (including phenoxy) is 1. The van der Waals surface area contributed by atoms with Crippen LogP contribution < -0.4 is 5.32 Å². The van der Waals surface area contributed by atoms with Crippen LogP contribution in [0.3, 0.4) is 0 Å². The molecule has 7 nitrogen and oxygen atoms in total. The first kappa shape index (κ1) is 22.7. The zero-order valence-corrected chi connectivity index (χ0v) is 18.1. The molecular formula is C22H33FN4O3. The molecule has 2 aliphatic heterocycles. The van der Waals surface area contributed by atoms with E-state index in [-0.39, 0.29) is 35.8 Å². The number of hydrogen-bond acceptors (Lipinski definition) is 5. The molecule has 1 aromatic rings. The number of morpholine rings is 1. The number of piperazine rings is 1. The molecule has 0 aliphatic carbocycles. The molecule has 3 atom stereocenters. The van der Waals surface area contributed by atoms with E-state index in [1.807, 2.05) is 25.7 Å². The standard InChI is InChI=1S/C22H33FN4O3/c1-16(19-4-6-20(23)7-5-19)24-21(28)17(2)25-8-10-26(11-9-25)18(3)22(29)27-12-14-30-15-13-27/h4-7,16-18H,8-15H2,1-3H3,(H,24,28). The zero-order valence-electron chi connectivity index (χ0n) is 18.1. The lowest BCUT2D eigenvalue weighted by molar-refractivity contribution is -0.141. The molecule has 3 rings (SSSR count). The topological polar surface area (TPSA) is 65.1 Å². The second-order valence-electron chi connectivity index (χ2n) is 8.14. The number of carbonyl (C=O) groups excluding carboxylic acids is 2. The van der Waals surface area contributed by atoms with Gasteiger partial charge in [-0.25, -0.2) is 4.39 Å². The van der Waals surface area contributed by atoms with Crippen LogP contribution in [0.25, 0.3) is 0 Å². The molecule has 2 heterocycles. The third-order valence-electron chi connectivity index (χ3n) is 6.23. The van der Waals surface area contributed by atoms with Gasteiger partial charge in [-0.15, -0.1) is 0 Å².